The molecule has 6 nitrogen and oxygen atoms in total. The van der Waals surface area contributed by atoms with E-state index in [1.54, 1.807) is 4.68 Å². The number of nitrogens with one attached hydrogen (secondary N) is 2. The molecule has 0 aromatic carbocycles. The van der Waals surface area contributed by atoms with Crippen molar-refractivity contribution in [1.82, 2.24) is 15.1 Å². The number of urea groups is 1. The Morgan fingerprint density at radius 2 is 2.30 bits per heavy atom. The molecule has 1 aromatic heterocycles. The van der Waals surface area contributed by atoms with Crippen LogP contribution in [0.25, 0.3) is 0 Å². The van der Waals surface area contributed by atoms with Gasteiger partial charge in [-0.2, -0.15) is 5.10 Å². The lowest BCUT2D eigenvalue weighted by molar-refractivity contribution is 0.0829. The van der Waals surface area contributed by atoms with E-state index in [1.807, 2.05) is 20.2 Å². The molecule has 20 heavy (non-hydrogen) atoms. The van der Waals surface area contributed by atoms with Gasteiger partial charge in [0.05, 0.1) is 23.5 Å². The van der Waals surface area contributed by atoms with Crippen LogP contribution in [0.2, 0.25) is 0 Å². The first-order valence-corrected chi connectivity index (χ1v) is 7.39. The van der Waals surface area contributed by atoms with Crippen molar-refractivity contribution < 1.29 is 9.53 Å². The van der Waals surface area contributed by atoms with Gasteiger partial charge in [-0.15, -0.1) is 0 Å². The number of hydrogen-bond donors (Lipinski definition) is 2. The average molecular weight is 278 g/mol. The third-order valence-corrected chi connectivity index (χ3v) is 4.03. The first kappa shape index (κ1) is 13.4. The second kappa shape index (κ2) is 5.44. The Morgan fingerprint density at radius 3 is 3.00 bits per heavy atom. The van der Waals surface area contributed by atoms with E-state index in [4.69, 9.17) is 4.74 Å². The van der Waals surface area contributed by atoms with Crippen LogP contribution in [0.15, 0.2) is 6.20 Å². The predicted molar refractivity (Wildman–Crippen MR) is 75.6 cm³/mol. The van der Waals surface area contributed by atoms with E-state index in [0.717, 1.165) is 30.8 Å². The fourth-order valence-corrected chi connectivity index (χ4v) is 2.88. The zero-order valence-corrected chi connectivity index (χ0v) is 12.1. The zero-order valence-electron chi connectivity index (χ0n) is 12.1. The fourth-order valence-electron chi connectivity index (χ4n) is 2.88. The molecular weight excluding hydrogens is 256 g/mol. The van der Waals surface area contributed by atoms with E-state index in [2.05, 4.69) is 15.7 Å². The Labute approximate surface area is 118 Å². The van der Waals surface area contributed by atoms with E-state index >= 15 is 0 Å². The van der Waals surface area contributed by atoms with Gasteiger partial charge >= 0.3 is 6.03 Å². The van der Waals surface area contributed by atoms with Gasteiger partial charge < -0.3 is 15.4 Å². The lowest BCUT2D eigenvalue weighted by Gasteiger charge is -2.19. The van der Waals surface area contributed by atoms with Crippen LogP contribution in [0.3, 0.4) is 0 Å². The van der Waals surface area contributed by atoms with Crippen LogP contribution < -0.4 is 10.6 Å². The summed E-state index contributed by atoms with van der Waals surface area (Å²) in [4.78, 5) is 12.1. The molecule has 2 aliphatic rings. The normalized spacial score (nSPS) is 25.7. The molecule has 0 radical (unpaired) electrons. The number of hydrogen-bond acceptors (Lipinski definition) is 3. The lowest BCUT2D eigenvalue weighted by Crippen LogP contribution is -2.43. The van der Waals surface area contributed by atoms with Gasteiger partial charge in [0.1, 0.15) is 0 Å². The van der Waals surface area contributed by atoms with E-state index in [-0.39, 0.29) is 18.2 Å². The Balaban J connectivity index is 1.58. The van der Waals surface area contributed by atoms with Crippen LogP contribution in [-0.2, 0) is 18.2 Å². The number of carbonyl (C=O) groups excluding carboxylic acids is 1. The Bertz CT molecular complexity index is 495. The van der Waals surface area contributed by atoms with Crippen molar-refractivity contribution in [3.05, 3.63) is 11.9 Å². The van der Waals surface area contributed by atoms with Crippen LogP contribution in [0.1, 0.15) is 31.9 Å². The minimum Gasteiger partial charge on any atom is -0.376 e. The third-order valence-electron chi connectivity index (χ3n) is 4.03. The van der Waals surface area contributed by atoms with Gasteiger partial charge in [0.2, 0.25) is 0 Å². The van der Waals surface area contributed by atoms with Gasteiger partial charge in [-0.1, -0.05) is 6.92 Å². The number of rotatable bonds is 4. The maximum Gasteiger partial charge on any atom is 0.319 e. The summed E-state index contributed by atoms with van der Waals surface area (Å²) in [5.41, 5.74) is 1.69. The van der Waals surface area contributed by atoms with Crippen molar-refractivity contribution in [2.24, 2.45) is 13.0 Å². The summed E-state index contributed by atoms with van der Waals surface area (Å²) >= 11 is 0. The van der Waals surface area contributed by atoms with E-state index in [1.165, 1.54) is 12.8 Å². The van der Waals surface area contributed by atoms with Crippen molar-refractivity contribution in [2.75, 3.05) is 11.9 Å². The van der Waals surface area contributed by atoms with Gasteiger partial charge in [-0.05, 0) is 31.6 Å². The first-order chi connectivity index (χ1) is 9.67. The van der Waals surface area contributed by atoms with E-state index in [0.29, 0.717) is 5.92 Å². The smallest absolute Gasteiger partial charge is 0.319 e. The monoisotopic (exact) mass is 278 g/mol. The van der Waals surface area contributed by atoms with Crippen LogP contribution in [0.4, 0.5) is 10.5 Å². The Morgan fingerprint density at radius 1 is 1.50 bits per heavy atom. The average Bonchev–Trinajstić information content (AvgIpc) is 3.05. The molecule has 1 saturated carbocycles. The lowest BCUT2D eigenvalue weighted by atomic mass is 10.1. The summed E-state index contributed by atoms with van der Waals surface area (Å²) in [6.45, 7) is 2.78. The second-order valence-electron chi connectivity index (χ2n) is 5.68. The highest BCUT2D eigenvalue weighted by molar-refractivity contribution is 5.90. The highest BCUT2D eigenvalue weighted by atomic mass is 16.5. The molecule has 6 heteroatoms. The Hall–Kier alpha value is -1.56. The largest absolute Gasteiger partial charge is 0.376 e. The number of aromatic nitrogens is 2. The molecule has 2 amide bonds. The molecule has 2 heterocycles. The number of amides is 2. The summed E-state index contributed by atoms with van der Waals surface area (Å²) in [5, 5.41) is 10.3. The summed E-state index contributed by atoms with van der Waals surface area (Å²) in [5.74, 6) is 0.646. The number of anilines is 1. The molecule has 110 valence electrons. The van der Waals surface area contributed by atoms with Gasteiger partial charge in [0.25, 0.3) is 0 Å². The zero-order chi connectivity index (χ0) is 14.1. The van der Waals surface area contributed by atoms with Gasteiger partial charge in [0, 0.05) is 19.9 Å². The van der Waals surface area contributed by atoms with Crippen molar-refractivity contribution in [1.29, 1.82) is 0 Å². The molecule has 1 saturated heterocycles. The molecule has 0 spiro atoms. The number of aryl methyl sites for hydroxylation is 2. The molecule has 1 aromatic rings. The maximum absolute atomic E-state index is 12.1. The van der Waals surface area contributed by atoms with E-state index < -0.39 is 0 Å². The minimum absolute atomic E-state index is 0.143. The molecule has 0 unspecified atom stereocenters. The molecular formula is C14H22N4O2. The summed E-state index contributed by atoms with van der Waals surface area (Å²) in [6.07, 6.45) is 6.21. The summed E-state index contributed by atoms with van der Waals surface area (Å²) in [7, 11) is 1.86. The SMILES string of the molecule is CCc1nn(C)cc1NC(=O)N[C@@H]1CCO[C@H]1C1CC1. The third kappa shape index (κ3) is 2.80. The minimum atomic E-state index is -0.158. The van der Waals surface area contributed by atoms with Crippen LogP contribution in [-0.4, -0.2) is 34.6 Å². The number of ether oxygens (including phenoxy) is 1. The maximum atomic E-state index is 12.1. The van der Waals surface area contributed by atoms with Gasteiger partial charge in [-0.3, -0.25) is 4.68 Å². The van der Waals surface area contributed by atoms with Crippen LogP contribution in [0.5, 0.6) is 0 Å². The standard InChI is InChI=1S/C14H22N4O2/c1-3-10-12(8-18(2)17-10)16-14(19)15-11-6-7-20-13(11)9-4-5-9/h8-9,11,13H,3-7H2,1-2H3,(H2,15,16,19)/t11-,13+/m1/s1. The number of nitrogens with zero attached hydrogens (tertiary/aromatic N) is 2. The first-order valence-electron chi connectivity index (χ1n) is 7.39. The second-order valence-corrected chi connectivity index (χ2v) is 5.68. The van der Waals surface area contributed by atoms with Crippen LogP contribution in [0, 0.1) is 5.92 Å². The highest BCUT2D eigenvalue weighted by Gasteiger charge is 2.41. The highest BCUT2D eigenvalue weighted by Crippen LogP contribution is 2.38. The number of carbonyl (C=O) groups is 1. The molecule has 1 aliphatic carbocycles. The van der Waals surface area contributed by atoms with Crippen molar-refractivity contribution in [3.8, 4) is 0 Å². The molecule has 1 aliphatic heterocycles. The molecule has 2 N–H and O–H groups in total. The summed E-state index contributed by atoms with van der Waals surface area (Å²) < 4.78 is 7.45. The van der Waals surface area contributed by atoms with Crippen LogP contribution >= 0.6 is 0 Å². The van der Waals surface area contributed by atoms with Gasteiger partial charge in [0.15, 0.2) is 0 Å². The Kier molecular flexibility index (Phi) is 3.65. The summed E-state index contributed by atoms with van der Waals surface area (Å²) in [6, 6.07) is -0.0157. The fraction of sp³-hybridized carbons (Fsp3) is 0.714. The van der Waals surface area contributed by atoms with Gasteiger partial charge in [-0.25, -0.2) is 4.79 Å². The molecule has 0 bridgehead atoms. The van der Waals surface area contributed by atoms with E-state index in [9.17, 15) is 4.79 Å². The molecule has 3 rings (SSSR count). The molecule has 2 fully saturated rings. The molecule has 2 atom stereocenters. The van der Waals surface area contributed by atoms with Crippen molar-refractivity contribution in [2.45, 2.75) is 44.8 Å². The quantitative estimate of drug-likeness (QED) is 0.880. The topological polar surface area (TPSA) is 68.2 Å². The predicted octanol–water partition coefficient (Wildman–Crippen LogP) is 1.67. The van der Waals surface area contributed by atoms with Crippen molar-refractivity contribution >= 4 is 11.7 Å². The van der Waals surface area contributed by atoms with Crippen molar-refractivity contribution in [3.63, 3.8) is 0 Å².